The molecule has 2 nitrogen and oxygen atoms in total. The van der Waals surface area contributed by atoms with Crippen molar-refractivity contribution in [1.82, 2.24) is 5.32 Å². The van der Waals surface area contributed by atoms with E-state index in [1.807, 2.05) is 13.1 Å². The van der Waals surface area contributed by atoms with E-state index in [0.29, 0.717) is 0 Å². The molecule has 0 atom stereocenters. The highest BCUT2D eigenvalue weighted by Gasteiger charge is 1.79. The topological polar surface area (TPSA) is 29.1 Å². The molecule has 0 unspecified atom stereocenters. The summed E-state index contributed by atoms with van der Waals surface area (Å²) in [5, 5.41) is 2.98. The van der Waals surface area contributed by atoms with Crippen molar-refractivity contribution >= 4 is 5.78 Å². The van der Waals surface area contributed by atoms with Crippen molar-refractivity contribution in [2.45, 2.75) is 13.3 Å². The van der Waals surface area contributed by atoms with Gasteiger partial charge in [-0.05, 0) is 33.0 Å². The van der Waals surface area contributed by atoms with Gasteiger partial charge in [-0.15, -0.1) is 0 Å². The molecule has 0 heterocycles. The molecule has 0 saturated carbocycles. The lowest BCUT2D eigenvalue weighted by molar-refractivity contribution is -0.112. The fraction of sp³-hybridized carbons (Fsp3) is 0.571. The molecular formula is C7H13NO. The SMILES string of the molecule is CNCC/C=C/C(C)=O. The van der Waals surface area contributed by atoms with Crippen LogP contribution in [0.3, 0.4) is 0 Å². The number of rotatable bonds is 4. The molecule has 0 rings (SSSR count). The number of ketones is 1. The molecule has 0 bridgehead atoms. The number of carbonyl (C=O) groups excluding carboxylic acids is 1. The predicted molar refractivity (Wildman–Crippen MR) is 38.4 cm³/mol. The lowest BCUT2D eigenvalue weighted by Gasteiger charge is -1.88. The minimum absolute atomic E-state index is 0.117. The Hall–Kier alpha value is -0.630. The van der Waals surface area contributed by atoms with Crippen LogP contribution in [0, 0.1) is 0 Å². The molecule has 0 spiro atoms. The van der Waals surface area contributed by atoms with Crippen LogP contribution in [0.2, 0.25) is 0 Å². The van der Waals surface area contributed by atoms with Gasteiger partial charge in [0.15, 0.2) is 5.78 Å². The molecule has 0 aromatic carbocycles. The van der Waals surface area contributed by atoms with E-state index < -0.39 is 0 Å². The average molecular weight is 127 g/mol. The molecule has 2 heteroatoms. The summed E-state index contributed by atoms with van der Waals surface area (Å²) in [6, 6.07) is 0. The Morgan fingerprint density at radius 3 is 2.78 bits per heavy atom. The molecule has 0 radical (unpaired) electrons. The van der Waals surface area contributed by atoms with Crippen LogP contribution < -0.4 is 5.32 Å². The first-order valence-electron chi connectivity index (χ1n) is 3.09. The minimum Gasteiger partial charge on any atom is -0.319 e. The normalized spacial score (nSPS) is 10.4. The fourth-order valence-electron chi connectivity index (χ4n) is 0.477. The Morgan fingerprint density at radius 2 is 2.33 bits per heavy atom. The van der Waals surface area contributed by atoms with Gasteiger partial charge >= 0.3 is 0 Å². The summed E-state index contributed by atoms with van der Waals surface area (Å²) in [5.74, 6) is 0.117. The first-order chi connectivity index (χ1) is 4.27. The molecule has 0 fully saturated rings. The largest absolute Gasteiger partial charge is 0.319 e. The fourth-order valence-corrected chi connectivity index (χ4v) is 0.477. The van der Waals surface area contributed by atoms with Gasteiger partial charge in [-0.1, -0.05) is 6.08 Å². The molecule has 9 heavy (non-hydrogen) atoms. The van der Waals surface area contributed by atoms with Crippen LogP contribution in [0.1, 0.15) is 13.3 Å². The Kier molecular flexibility index (Phi) is 5.12. The first-order valence-corrected chi connectivity index (χ1v) is 3.09. The van der Waals surface area contributed by atoms with E-state index in [2.05, 4.69) is 5.32 Å². The second-order valence-electron chi connectivity index (χ2n) is 1.91. The summed E-state index contributed by atoms with van der Waals surface area (Å²) in [6.07, 6.45) is 4.40. The van der Waals surface area contributed by atoms with Gasteiger partial charge in [0, 0.05) is 0 Å². The third kappa shape index (κ3) is 7.37. The number of carbonyl (C=O) groups is 1. The van der Waals surface area contributed by atoms with Crippen molar-refractivity contribution < 1.29 is 4.79 Å². The van der Waals surface area contributed by atoms with E-state index in [4.69, 9.17) is 0 Å². The van der Waals surface area contributed by atoms with E-state index in [1.165, 1.54) is 0 Å². The van der Waals surface area contributed by atoms with E-state index in [0.717, 1.165) is 13.0 Å². The van der Waals surface area contributed by atoms with E-state index in [-0.39, 0.29) is 5.78 Å². The van der Waals surface area contributed by atoms with Crippen LogP contribution in [0.5, 0.6) is 0 Å². The Morgan fingerprint density at radius 1 is 1.67 bits per heavy atom. The lowest BCUT2D eigenvalue weighted by atomic mass is 10.3. The zero-order chi connectivity index (χ0) is 7.11. The monoisotopic (exact) mass is 127 g/mol. The summed E-state index contributed by atoms with van der Waals surface area (Å²) in [4.78, 5) is 10.3. The maximum absolute atomic E-state index is 10.3. The molecule has 0 aromatic heterocycles. The summed E-state index contributed by atoms with van der Waals surface area (Å²) in [5.41, 5.74) is 0. The van der Waals surface area contributed by atoms with Crippen molar-refractivity contribution in [2.75, 3.05) is 13.6 Å². The third-order valence-corrected chi connectivity index (χ3v) is 0.914. The van der Waals surface area contributed by atoms with Crippen molar-refractivity contribution in [2.24, 2.45) is 0 Å². The van der Waals surface area contributed by atoms with Crippen molar-refractivity contribution in [1.29, 1.82) is 0 Å². The van der Waals surface area contributed by atoms with Crippen molar-refractivity contribution in [3.05, 3.63) is 12.2 Å². The van der Waals surface area contributed by atoms with E-state index in [9.17, 15) is 4.79 Å². The maximum atomic E-state index is 10.3. The van der Waals surface area contributed by atoms with Gasteiger partial charge < -0.3 is 5.32 Å². The highest BCUT2D eigenvalue weighted by Crippen LogP contribution is 1.80. The van der Waals surface area contributed by atoms with Gasteiger partial charge in [0.1, 0.15) is 0 Å². The Bertz CT molecular complexity index is 107. The van der Waals surface area contributed by atoms with Gasteiger partial charge in [-0.25, -0.2) is 0 Å². The van der Waals surface area contributed by atoms with Crippen LogP contribution in [0.4, 0.5) is 0 Å². The van der Waals surface area contributed by atoms with E-state index >= 15 is 0 Å². The molecule has 0 saturated heterocycles. The molecule has 0 amide bonds. The molecule has 0 aliphatic heterocycles. The predicted octanol–water partition coefficient (Wildman–Crippen LogP) is 0.741. The second kappa shape index (κ2) is 5.51. The Balaban J connectivity index is 3.15. The van der Waals surface area contributed by atoms with Gasteiger partial charge in [-0.2, -0.15) is 0 Å². The zero-order valence-electron chi connectivity index (χ0n) is 5.98. The average Bonchev–Trinajstić information content (AvgIpc) is 1.80. The van der Waals surface area contributed by atoms with E-state index in [1.54, 1.807) is 13.0 Å². The standard InChI is InChI=1S/C7H13NO/c1-7(9)5-3-4-6-8-2/h3,5,8H,4,6H2,1-2H3/b5-3+. The Labute approximate surface area is 56.0 Å². The highest BCUT2D eigenvalue weighted by atomic mass is 16.1. The second-order valence-corrected chi connectivity index (χ2v) is 1.91. The van der Waals surface area contributed by atoms with Crippen LogP contribution >= 0.6 is 0 Å². The molecule has 52 valence electrons. The number of allylic oxidation sites excluding steroid dienone is 1. The first kappa shape index (κ1) is 8.37. The number of hydrogen-bond acceptors (Lipinski definition) is 2. The summed E-state index contributed by atoms with van der Waals surface area (Å²) < 4.78 is 0. The number of nitrogens with one attached hydrogen (secondary N) is 1. The molecule has 0 aromatic rings. The van der Waals surface area contributed by atoms with Crippen LogP contribution in [0.15, 0.2) is 12.2 Å². The minimum atomic E-state index is 0.117. The van der Waals surface area contributed by atoms with Crippen LogP contribution in [-0.4, -0.2) is 19.4 Å². The lowest BCUT2D eigenvalue weighted by Crippen LogP contribution is -2.05. The molecular weight excluding hydrogens is 114 g/mol. The maximum Gasteiger partial charge on any atom is 0.152 e. The van der Waals surface area contributed by atoms with Crippen molar-refractivity contribution in [3.63, 3.8) is 0 Å². The molecule has 1 N–H and O–H groups in total. The highest BCUT2D eigenvalue weighted by molar-refractivity contribution is 5.87. The van der Waals surface area contributed by atoms with Gasteiger partial charge in [0.2, 0.25) is 0 Å². The quantitative estimate of drug-likeness (QED) is 0.446. The van der Waals surface area contributed by atoms with Gasteiger partial charge in [0.25, 0.3) is 0 Å². The van der Waals surface area contributed by atoms with Gasteiger partial charge in [-0.3, -0.25) is 4.79 Å². The van der Waals surface area contributed by atoms with Gasteiger partial charge in [0.05, 0.1) is 0 Å². The molecule has 0 aliphatic carbocycles. The summed E-state index contributed by atoms with van der Waals surface area (Å²) in [6.45, 7) is 2.49. The number of hydrogen-bond donors (Lipinski definition) is 1. The van der Waals surface area contributed by atoms with Crippen molar-refractivity contribution in [3.8, 4) is 0 Å². The van der Waals surface area contributed by atoms with Crippen LogP contribution in [0.25, 0.3) is 0 Å². The third-order valence-electron chi connectivity index (χ3n) is 0.914. The smallest absolute Gasteiger partial charge is 0.152 e. The zero-order valence-corrected chi connectivity index (χ0v) is 5.98. The summed E-state index contributed by atoms with van der Waals surface area (Å²) >= 11 is 0. The van der Waals surface area contributed by atoms with Crippen LogP contribution in [-0.2, 0) is 4.79 Å². The molecule has 0 aliphatic rings. The summed E-state index contributed by atoms with van der Waals surface area (Å²) in [7, 11) is 1.89.